The van der Waals surface area contributed by atoms with Gasteiger partial charge in [-0.2, -0.15) is 0 Å². The van der Waals surface area contributed by atoms with Crippen molar-refractivity contribution in [1.82, 2.24) is 0 Å². The Labute approximate surface area is 162 Å². The van der Waals surface area contributed by atoms with E-state index >= 15 is 0 Å². The van der Waals surface area contributed by atoms with Crippen LogP contribution in [-0.2, 0) is 0 Å². The molecular formula is C24H29PS. The summed E-state index contributed by atoms with van der Waals surface area (Å²) < 4.78 is 1.51. The van der Waals surface area contributed by atoms with Crippen LogP contribution in [0.2, 0.25) is 0 Å². The second-order valence-corrected chi connectivity index (χ2v) is 11.9. The van der Waals surface area contributed by atoms with E-state index < -0.39 is 0 Å². The zero-order valence-electron chi connectivity index (χ0n) is 15.6. The lowest BCUT2D eigenvalue weighted by Gasteiger charge is -2.38. The van der Waals surface area contributed by atoms with Gasteiger partial charge in [0, 0.05) is 10.1 Å². The van der Waals surface area contributed by atoms with Gasteiger partial charge in [0.1, 0.15) is 0 Å². The first-order chi connectivity index (χ1) is 12.9. The van der Waals surface area contributed by atoms with Gasteiger partial charge < -0.3 is 0 Å². The smallest absolute Gasteiger partial charge is 0.0355 e. The maximum absolute atomic E-state index is 2.58. The van der Waals surface area contributed by atoms with E-state index in [9.17, 15) is 0 Å². The zero-order chi connectivity index (χ0) is 17.3. The molecule has 136 valence electrons. The highest BCUT2D eigenvalue weighted by Crippen LogP contribution is 2.56. The molecule has 2 fully saturated rings. The summed E-state index contributed by atoms with van der Waals surface area (Å²) >= 11 is 2.00. The van der Waals surface area contributed by atoms with E-state index in [0.29, 0.717) is 0 Å². The van der Waals surface area contributed by atoms with Crippen molar-refractivity contribution >= 4 is 45.4 Å². The molecular weight excluding hydrogens is 351 g/mol. The zero-order valence-corrected chi connectivity index (χ0v) is 17.3. The van der Waals surface area contributed by atoms with Gasteiger partial charge in [0.2, 0.25) is 0 Å². The minimum absolute atomic E-state index is 0.0176. The lowest BCUT2D eigenvalue weighted by Crippen LogP contribution is -2.25. The van der Waals surface area contributed by atoms with Crippen LogP contribution in [0.15, 0.2) is 41.8 Å². The maximum atomic E-state index is 2.58. The number of hydrogen-bond donors (Lipinski definition) is 0. The van der Waals surface area contributed by atoms with Crippen LogP contribution in [0, 0.1) is 0 Å². The predicted molar refractivity (Wildman–Crippen MR) is 120 cm³/mol. The SMILES string of the molecule is c1ccc2c(c1)ccc1scc(P(C3CCCCC3)C3CCCCC3)c12. The lowest BCUT2D eigenvalue weighted by molar-refractivity contribution is 0.487. The van der Waals surface area contributed by atoms with Crippen molar-refractivity contribution in [2.24, 2.45) is 0 Å². The van der Waals surface area contributed by atoms with Gasteiger partial charge in [-0.3, -0.25) is 0 Å². The summed E-state index contributed by atoms with van der Waals surface area (Å²) in [7, 11) is -0.0176. The van der Waals surface area contributed by atoms with Gasteiger partial charge in [0.15, 0.2) is 0 Å². The first-order valence-electron chi connectivity index (χ1n) is 10.6. The fourth-order valence-electron chi connectivity index (χ4n) is 5.39. The van der Waals surface area contributed by atoms with Gasteiger partial charge in [0.05, 0.1) is 0 Å². The van der Waals surface area contributed by atoms with Crippen molar-refractivity contribution in [1.29, 1.82) is 0 Å². The van der Waals surface area contributed by atoms with Crippen molar-refractivity contribution in [3.05, 3.63) is 41.8 Å². The highest BCUT2D eigenvalue weighted by atomic mass is 32.1. The Kier molecular flexibility index (Phi) is 5.03. The molecule has 0 aliphatic heterocycles. The van der Waals surface area contributed by atoms with E-state index in [1.54, 1.807) is 10.7 Å². The molecule has 2 heteroatoms. The van der Waals surface area contributed by atoms with E-state index in [0.717, 1.165) is 11.3 Å². The number of rotatable bonds is 3. The predicted octanol–water partition coefficient (Wildman–Crippen LogP) is 7.83. The average Bonchev–Trinajstić information content (AvgIpc) is 3.14. The van der Waals surface area contributed by atoms with Crippen LogP contribution in [0.1, 0.15) is 64.2 Å². The number of fused-ring (bicyclic) bond motifs is 3. The van der Waals surface area contributed by atoms with Gasteiger partial charge >= 0.3 is 0 Å². The Morgan fingerprint density at radius 3 is 2.08 bits per heavy atom. The van der Waals surface area contributed by atoms with Crippen LogP contribution < -0.4 is 5.30 Å². The topological polar surface area (TPSA) is 0 Å². The molecule has 2 aromatic carbocycles. The van der Waals surface area contributed by atoms with Crippen LogP contribution in [0.5, 0.6) is 0 Å². The second kappa shape index (κ2) is 7.61. The molecule has 5 rings (SSSR count). The van der Waals surface area contributed by atoms with Crippen LogP contribution in [-0.4, -0.2) is 11.3 Å². The Hall–Kier alpha value is -0.910. The standard InChI is InChI=1S/C24H29PS/c1-3-10-19(11-4-1)25(20-12-5-2-6-13-20)22-17-26-23-16-15-18-9-7-8-14-21(18)24(22)23/h7-9,14-17,19-20H,1-6,10-13H2. The molecule has 3 aromatic rings. The highest BCUT2D eigenvalue weighted by molar-refractivity contribution is 7.68. The molecule has 0 spiro atoms. The minimum atomic E-state index is -0.0176. The fourth-order valence-corrected chi connectivity index (χ4v) is 10.7. The summed E-state index contributed by atoms with van der Waals surface area (Å²) in [6, 6.07) is 13.8. The summed E-state index contributed by atoms with van der Waals surface area (Å²) in [5.41, 5.74) is 1.97. The van der Waals surface area contributed by atoms with Crippen molar-refractivity contribution in [3.8, 4) is 0 Å². The molecule has 0 N–H and O–H groups in total. The van der Waals surface area contributed by atoms with Crippen molar-refractivity contribution < 1.29 is 0 Å². The largest absolute Gasteiger partial charge is 0.143 e. The number of benzene rings is 2. The molecule has 0 bridgehead atoms. The van der Waals surface area contributed by atoms with Crippen LogP contribution >= 0.6 is 19.3 Å². The molecule has 0 unspecified atom stereocenters. The summed E-state index contributed by atoms with van der Waals surface area (Å²) in [4.78, 5) is 0. The minimum Gasteiger partial charge on any atom is -0.143 e. The van der Waals surface area contributed by atoms with Crippen molar-refractivity contribution in [3.63, 3.8) is 0 Å². The Morgan fingerprint density at radius 2 is 1.38 bits per heavy atom. The molecule has 1 aromatic heterocycles. The second-order valence-electron chi connectivity index (χ2n) is 8.27. The van der Waals surface area contributed by atoms with Crippen molar-refractivity contribution in [2.45, 2.75) is 75.5 Å². The van der Waals surface area contributed by atoms with Crippen LogP contribution in [0.3, 0.4) is 0 Å². The Bertz CT molecular complexity index is 866. The van der Waals surface area contributed by atoms with Crippen molar-refractivity contribution in [2.75, 3.05) is 0 Å². The van der Waals surface area contributed by atoms with Crippen LogP contribution in [0.4, 0.5) is 0 Å². The molecule has 1 heterocycles. The molecule has 0 radical (unpaired) electrons. The Morgan fingerprint density at radius 1 is 0.731 bits per heavy atom. The normalized spacial score (nSPS) is 20.3. The van der Waals surface area contributed by atoms with Gasteiger partial charge in [-0.15, -0.1) is 11.3 Å². The lowest BCUT2D eigenvalue weighted by atomic mass is 9.99. The monoisotopic (exact) mass is 380 g/mol. The van der Waals surface area contributed by atoms with E-state index in [4.69, 9.17) is 0 Å². The molecule has 26 heavy (non-hydrogen) atoms. The van der Waals surface area contributed by atoms with Gasteiger partial charge in [-0.05, 0) is 64.5 Å². The summed E-state index contributed by atoms with van der Waals surface area (Å²) in [6.07, 6.45) is 14.8. The van der Waals surface area contributed by atoms with Gasteiger partial charge in [-0.25, -0.2) is 0 Å². The van der Waals surface area contributed by atoms with Crippen LogP contribution in [0.25, 0.3) is 20.9 Å². The average molecular weight is 381 g/mol. The number of thiophene rings is 1. The fraction of sp³-hybridized carbons (Fsp3) is 0.500. The number of hydrogen-bond acceptors (Lipinski definition) is 1. The quantitative estimate of drug-likeness (QED) is 0.406. The molecule has 0 nitrogen and oxygen atoms in total. The third kappa shape index (κ3) is 3.12. The third-order valence-electron chi connectivity index (χ3n) is 6.66. The summed E-state index contributed by atoms with van der Waals surface area (Å²) in [5.74, 6) is 0. The van der Waals surface area contributed by atoms with Gasteiger partial charge in [0.25, 0.3) is 0 Å². The molecule has 0 atom stereocenters. The van der Waals surface area contributed by atoms with E-state index in [-0.39, 0.29) is 7.92 Å². The van der Waals surface area contributed by atoms with Gasteiger partial charge in [-0.1, -0.05) is 76.8 Å². The van der Waals surface area contributed by atoms with E-state index in [2.05, 4.69) is 41.8 Å². The molecule has 0 amide bonds. The molecule has 0 saturated heterocycles. The Balaban J connectivity index is 1.66. The van der Waals surface area contributed by atoms with E-state index in [1.807, 2.05) is 11.3 Å². The first kappa shape index (κ1) is 17.2. The molecule has 2 aliphatic rings. The molecule has 2 aliphatic carbocycles. The highest BCUT2D eigenvalue weighted by Gasteiger charge is 2.33. The maximum Gasteiger partial charge on any atom is 0.0355 e. The summed E-state index contributed by atoms with van der Waals surface area (Å²) in [6.45, 7) is 0. The summed E-state index contributed by atoms with van der Waals surface area (Å²) in [5, 5.41) is 8.89. The van der Waals surface area contributed by atoms with E-state index in [1.165, 1.54) is 79.7 Å². The first-order valence-corrected chi connectivity index (χ1v) is 12.9. The molecule has 2 saturated carbocycles. The third-order valence-corrected chi connectivity index (χ3v) is 11.3.